The molecule has 9 heteroatoms. The Morgan fingerprint density at radius 3 is 2.58 bits per heavy atom. The number of benzene rings is 1. The van der Waals surface area contributed by atoms with Gasteiger partial charge in [0.25, 0.3) is 5.91 Å². The van der Waals surface area contributed by atoms with E-state index in [0.29, 0.717) is 21.6 Å². The largest absolute Gasteiger partial charge is 0.503 e. The van der Waals surface area contributed by atoms with Gasteiger partial charge in [-0.3, -0.25) is 4.79 Å². The van der Waals surface area contributed by atoms with Crippen LogP contribution in [0.4, 0.5) is 5.00 Å². The Bertz CT molecular complexity index is 1050. The molecule has 2 N–H and O–H groups in total. The highest BCUT2D eigenvalue weighted by molar-refractivity contribution is 9.10. The molecule has 0 bridgehead atoms. The molecular formula is C22H23BrN2O5S. The van der Waals surface area contributed by atoms with Crippen LogP contribution in [-0.2, 0) is 9.53 Å². The number of nitrogens with one attached hydrogen (secondary N) is 1. The third-order valence-corrected chi connectivity index (χ3v) is 6.02. The van der Waals surface area contributed by atoms with Gasteiger partial charge in [0.05, 0.1) is 23.2 Å². The van der Waals surface area contributed by atoms with Gasteiger partial charge >= 0.3 is 5.97 Å². The summed E-state index contributed by atoms with van der Waals surface area (Å²) in [5.74, 6) is -0.883. The van der Waals surface area contributed by atoms with Crippen LogP contribution < -0.4 is 10.1 Å². The molecule has 1 aromatic carbocycles. The first-order valence-electron chi connectivity index (χ1n) is 9.61. The number of esters is 1. The van der Waals surface area contributed by atoms with Crippen LogP contribution >= 0.6 is 27.3 Å². The number of carbonyl (C=O) groups is 2. The average Bonchev–Trinajstić information content (AvgIpc) is 3.14. The molecule has 0 radical (unpaired) electrons. The van der Waals surface area contributed by atoms with Gasteiger partial charge in [0.2, 0.25) is 0 Å². The second kappa shape index (κ2) is 11.0. The Morgan fingerprint density at radius 2 is 2.00 bits per heavy atom. The van der Waals surface area contributed by atoms with Gasteiger partial charge in [-0.15, -0.1) is 11.3 Å². The zero-order valence-corrected chi connectivity index (χ0v) is 20.0. The Morgan fingerprint density at radius 1 is 1.29 bits per heavy atom. The van der Waals surface area contributed by atoms with Crippen LogP contribution in [0.5, 0.6) is 11.5 Å². The number of nitrogens with zero attached hydrogens (tertiary/aromatic N) is 1. The summed E-state index contributed by atoms with van der Waals surface area (Å²) < 4.78 is 10.8. The number of nitriles is 1. The first kappa shape index (κ1) is 24.4. The number of anilines is 1. The molecule has 2 rings (SSSR count). The van der Waals surface area contributed by atoms with Gasteiger partial charge in [0, 0.05) is 4.88 Å². The van der Waals surface area contributed by atoms with Gasteiger partial charge in [-0.05, 0) is 65.5 Å². The van der Waals surface area contributed by atoms with E-state index in [-0.39, 0.29) is 35.2 Å². The summed E-state index contributed by atoms with van der Waals surface area (Å²) in [4.78, 5) is 26.0. The van der Waals surface area contributed by atoms with E-state index < -0.39 is 11.9 Å². The number of aromatic hydroxyl groups is 1. The van der Waals surface area contributed by atoms with Crippen molar-refractivity contribution in [2.45, 2.75) is 33.6 Å². The van der Waals surface area contributed by atoms with Crippen LogP contribution in [0.3, 0.4) is 0 Å². The van der Waals surface area contributed by atoms with Gasteiger partial charge in [-0.25, -0.2) is 4.79 Å². The van der Waals surface area contributed by atoms with Crippen molar-refractivity contribution in [1.29, 1.82) is 5.26 Å². The van der Waals surface area contributed by atoms with Crippen LogP contribution in [0.15, 0.2) is 28.2 Å². The highest BCUT2D eigenvalue weighted by atomic mass is 79.9. The Hall–Kier alpha value is -2.83. The molecular weight excluding hydrogens is 484 g/mol. The zero-order chi connectivity index (χ0) is 23.1. The van der Waals surface area contributed by atoms with E-state index in [0.717, 1.165) is 4.88 Å². The number of amides is 1. The minimum absolute atomic E-state index is 0.0687. The lowest BCUT2D eigenvalue weighted by Crippen LogP contribution is -2.15. The van der Waals surface area contributed by atoms with Crippen LogP contribution in [0.2, 0.25) is 0 Å². The van der Waals surface area contributed by atoms with Crippen molar-refractivity contribution in [2.75, 3.05) is 18.5 Å². The summed E-state index contributed by atoms with van der Waals surface area (Å²) >= 11 is 4.50. The number of hydrogen-bond acceptors (Lipinski definition) is 7. The highest BCUT2D eigenvalue weighted by Crippen LogP contribution is 2.36. The predicted molar refractivity (Wildman–Crippen MR) is 124 cm³/mol. The fourth-order valence-electron chi connectivity index (χ4n) is 2.58. The molecule has 1 amide bonds. The molecule has 0 aliphatic heterocycles. The number of carbonyl (C=O) groups excluding carboxylic acids is 2. The third-order valence-electron chi connectivity index (χ3n) is 4.07. The first-order valence-corrected chi connectivity index (χ1v) is 11.2. The quantitative estimate of drug-likeness (QED) is 0.279. The minimum Gasteiger partial charge on any atom is -0.503 e. The van der Waals surface area contributed by atoms with Crippen molar-refractivity contribution in [2.24, 2.45) is 0 Å². The van der Waals surface area contributed by atoms with E-state index in [1.807, 2.05) is 19.9 Å². The molecule has 0 aliphatic rings. The fourth-order valence-corrected chi connectivity index (χ4v) is 4.08. The maximum Gasteiger partial charge on any atom is 0.341 e. The summed E-state index contributed by atoms with van der Waals surface area (Å²) in [6, 6.07) is 6.67. The number of phenols is 1. The smallest absolute Gasteiger partial charge is 0.341 e. The molecule has 0 saturated carbocycles. The molecule has 0 saturated heterocycles. The normalized spacial score (nSPS) is 11.2. The lowest BCUT2D eigenvalue weighted by molar-refractivity contribution is -0.112. The van der Waals surface area contributed by atoms with Crippen molar-refractivity contribution < 1.29 is 24.2 Å². The summed E-state index contributed by atoms with van der Waals surface area (Å²) in [6.07, 6.45) is 1.38. The Kier molecular flexibility index (Phi) is 8.65. The van der Waals surface area contributed by atoms with Crippen molar-refractivity contribution in [3.8, 4) is 17.6 Å². The van der Waals surface area contributed by atoms with Crippen molar-refractivity contribution >= 4 is 50.2 Å². The molecule has 0 atom stereocenters. The lowest BCUT2D eigenvalue weighted by Gasteiger charge is -2.09. The number of phenolic OH excluding ortho intramolecular Hbond substituents is 1. The highest BCUT2D eigenvalue weighted by Gasteiger charge is 2.21. The number of halogens is 1. The van der Waals surface area contributed by atoms with Crippen LogP contribution in [0, 0.1) is 11.3 Å². The van der Waals surface area contributed by atoms with Gasteiger partial charge in [0.15, 0.2) is 11.5 Å². The molecule has 31 heavy (non-hydrogen) atoms. The molecule has 0 unspecified atom stereocenters. The standard InChI is InChI=1S/C22H23BrN2O5S/c1-5-29-17-9-13(8-16(23)19(17)26)7-14(11-24)20(27)25-21-15(22(28)30-6-2)10-18(31-21)12(3)4/h7-10,12,26H,5-6H2,1-4H3,(H,25,27). The zero-order valence-electron chi connectivity index (χ0n) is 17.6. The molecule has 1 aromatic heterocycles. The molecule has 164 valence electrons. The van der Waals surface area contributed by atoms with Crippen LogP contribution in [0.1, 0.15) is 54.4 Å². The third kappa shape index (κ3) is 6.09. The van der Waals surface area contributed by atoms with Crippen molar-refractivity contribution in [3.05, 3.63) is 44.2 Å². The second-order valence-electron chi connectivity index (χ2n) is 6.67. The van der Waals surface area contributed by atoms with Gasteiger partial charge in [-0.1, -0.05) is 13.8 Å². The summed E-state index contributed by atoms with van der Waals surface area (Å²) in [7, 11) is 0. The maximum atomic E-state index is 12.8. The average molecular weight is 507 g/mol. The molecule has 0 fully saturated rings. The predicted octanol–water partition coefficient (Wildman–Crippen LogP) is 5.46. The van der Waals surface area contributed by atoms with Gasteiger partial charge in [0.1, 0.15) is 16.6 Å². The number of hydrogen-bond donors (Lipinski definition) is 2. The van der Waals surface area contributed by atoms with E-state index >= 15 is 0 Å². The SMILES string of the molecule is CCOC(=O)c1cc(C(C)C)sc1NC(=O)C(C#N)=Cc1cc(Br)c(O)c(OCC)c1. The van der Waals surface area contributed by atoms with Gasteiger partial charge < -0.3 is 19.9 Å². The van der Waals surface area contributed by atoms with E-state index in [4.69, 9.17) is 9.47 Å². The van der Waals surface area contributed by atoms with Crippen LogP contribution in [-0.4, -0.2) is 30.2 Å². The van der Waals surface area contributed by atoms with Crippen LogP contribution in [0.25, 0.3) is 6.08 Å². The summed E-state index contributed by atoms with van der Waals surface area (Å²) in [6.45, 7) is 7.98. The van der Waals surface area contributed by atoms with E-state index in [2.05, 4.69) is 21.2 Å². The Labute approximate surface area is 193 Å². The Balaban J connectivity index is 2.38. The topological polar surface area (TPSA) is 109 Å². The molecule has 7 nitrogen and oxygen atoms in total. The van der Waals surface area contributed by atoms with E-state index in [1.54, 1.807) is 26.0 Å². The summed E-state index contributed by atoms with van der Waals surface area (Å²) in [5, 5.41) is 22.6. The molecule has 1 heterocycles. The monoisotopic (exact) mass is 506 g/mol. The lowest BCUT2D eigenvalue weighted by atomic mass is 10.1. The molecule has 2 aromatic rings. The maximum absolute atomic E-state index is 12.8. The molecule has 0 aliphatic carbocycles. The number of ether oxygens (including phenoxy) is 2. The molecule has 0 spiro atoms. The van der Waals surface area contributed by atoms with Crippen molar-refractivity contribution in [1.82, 2.24) is 0 Å². The fraction of sp³-hybridized carbons (Fsp3) is 0.318. The summed E-state index contributed by atoms with van der Waals surface area (Å²) in [5.41, 5.74) is 0.570. The van der Waals surface area contributed by atoms with Crippen molar-refractivity contribution in [3.63, 3.8) is 0 Å². The number of thiophene rings is 1. The van der Waals surface area contributed by atoms with E-state index in [1.165, 1.54) is 23.5 Å². The van der Waals surface area contributed by atoms with Gasteiger partial charge in [-0.2, -0.15) is 5.26 Å². The number of rotatable bonds is 8. The first-order chi connectivity index (χ1) is 14.7. The van der Waals surface area contributed by atoms with E-state index in [9.17, 15) is 20.0 Å². The minimum atomic E-state index is -0.660. The second-order valence-corrected chi connectivity index (χ2v) is 8.61.